The number of amides is 1. The molecule has 0 aliphatic heterocycles. The molecule has 3 aromatic carbocycles. The van der Waals surface area contributed by atoms with Crippen LogP contribution in [0.4, 0.5) is 5.69 Å². The molecule has 0 aromatic heterocycles. The lowest BCUT2D eigenvalue weighted by Gasteiger charge is -2.25. The number of carbonyl (C=O) groups is 2. The quantitative estimate of drug-likeness (QED) is 0.0767. The van der Waals surface area contributed by atoms with E-state index in [1.807, 2.05) is 24.3 Å². The van der Waals surface area contributed by atoms with Gasteiger partial charge in [-0.3, -0.25) is 4.79 Å². The van der Waals surface area contributed by atoms with Gasteiger partial charge in [0.2, 0.25) is 5.91 Å². The third-order valence-corrected chi connectivity index (χ3v) is 7.98. The van der Waals surface area contributed by atoms with Crippen molar-refractivity contribution in [2.45, 2.75) is 89.8 Å². The number of benzene rings is 3. The highest BCUT2D eigenvalue weighted by atomic mass is 16.4. The Hall–Kier alpha value is -4.28. The molecule has 11 nitrogen and oxygen atoms in total. The van der Waals surface area contributed by atoms with Crippen molar-refractivity contribution >= 4 is 17.6 Å². The molecule has 0 saturated heterocycles. The topological polar surface area (TPSA) is 191 Å². The molecule has 4 atom stereocenters. The van der Waals surface area contributed by atoms with Gasteiger partial charge in [0.05, 0.1) is 19.3 Å². The van der Waals surface area contributed by atoms with Gasteiger partial charge in [0.25, 0.3) is 0 Å². The molecule has 0 saturated carbocycles. The summed E-state index contributed by atoms with van der Waals surface area (Å²) in [6.45, 7) is 4.01. The standard InChI is InChI=1S/C32H35NO4.C7H17NO5/c1-3-5-7-9-31(35)33(28-20-21-29(32(36)37)30(34)22-28)23-27-18-16-26(17-19-27)15-14-25-12-10-24(11-13-25)8-6-4-2;1-8-2-4(10)6(12)7(13)5(11)3-9/h10-13,16-22,34H,3-9,23H2,1-2H3,(H,36,37);4-13H,2-3H2,1H3/t;4-,5+,6+,7+/m.0/s1. The van der Waals surface area contributed by atoms with Crippen molar-refractivity contribution < 1.29 is 45.3 Å². The summed E-state index contributed by atoms with van der Waals surface area (Å²) in [5, 5.41) is 66.9. The number of aryl methyl sites for hydroxylation is 1. The normalized spacial score (nSPS) is 13.1. The van der Waals surface area contributed by atoms with Crippen molar-refractivity contribution in [3.8, 4) is 17.6 Å². The third kappa shape index (κ3) is 13.9. The number of unbranched alkanes of at least 4 members (excludes halogenated alkanes) is 3. The van der Waals surface area contributed by atoms with E-state index in [0.29, 0.717) is 18.7 Å². The van der Waals surface area contributed by atoms with E-state index in [0.717, 1.165) is 42.4 Å². The zero-order chi connectivity index (χ0) is 37.1. The fraction of sp³-hybridized carbons (Fsp3) is 0.436. The van der Waals surface area contributed by atoms with E-state index in [9.17, 15) is 24.9 Å². The molecule has 1 amide bonds. The number of phenols is 1. The van der Waals surface area contributed by atoms with Crippen molar-refractivity contribution in [3.63, 3.8) is 0 Å². The van der Waals surface area contributed by atoms with Crippen molar-refractivity contribution in [2.24, 2.45) is 0 Å². The van der Waals surface area contributed by atoms with Crippen LogP contribution in [0.15, 0.2) is 66.7 Å². The third-order valence-electron chi connectivity index (χ3n) is 7.98. The maximum absolute atomic E-state index is 13.1. The predicted octanol–water partition coefficient (Wildman–Crippen LogP) is 3.59. The molecule has 0 aliphatic carbocycles. The second-order valence-corrected chi connectivity index (χ2v) is 12.0. The zero-order valence-corrected chi connectivity index (χ0v) is 29.1. The van der Waals surface area contributed by atoms with Crippen LogP contribution in [-0.2, 0) is 17.8 Å². The molecule has 0 heterocycles. The number of anilines is 1. The fourth-order valence-corrected chi connectivity index (χ4v) is 4.90. The smallest absolute Gasteiger partial charge is 0.339 e. The average molecular weight is 693 g/mol. The van der Waals surface area contributed by atoms with Gasteiger partial charge < -0.3 is 46.0 Å². The van der Waals surface area contributed by atoms with E-state index < -0.39 is 37.0 Å². The molecule has 3 rings (SSSR count). The first-order chi connectivity index (χ1) is 23.9. The number of nitrogens with zero attached hydrogens (tertiary/aromatic N) is 1. The lowest BCUT2D eigenvalue weighted by Crippen LogP contribution is -2.48. The highest BCUT2D eigenvalue weighted by Crippen LogP contribution is 2.27. The lowest BCUT2D eigenvalue weighted by molar-refractivity contribution is -0.118. The SMILES string of the molecule is CCCCCC(=O)N(Cc1ccc(C#Cc2ccc(CCCC)cc2)cc1)c1ccc(C(=O)O)c(O)c1.CNC[C@H](O)[C@@H](O)[C@H](O)[C@H](O)CO. The molecule has 0 fully saturated rings. The summed E-state index contributed by atoms with van der Waals surface area (Å²) >= 11 is 0. The Morgan fingerprint density at radius 1 is 0.780 bits per heavy atom. The molecular weight excluding hydrogens is 640 g/mol. The summed E-state index contributed by atoms with van der Waals surface area (Å²) < 4.78 is 0. The Labute approximate surface area is 294 Å². The van der Waals surface area contributed by atoms with Gasteiger partial charge in [-0.1, -0.05) is 69.2 Å². The number of aromatic carboxylic acids is 1. The number of aliphatic hydroxyl groups excluding tert-OH is 5. The van der Waals surface area contributed by atoms with Gasteiger partial charge in [-0.15, -0.1) is 0 Å². The summed E-state index contributed by atoms with van der Waals surface area (Å²) in [6.07, 6.45) is 0.938. The molecule has 0 spiro atoms. The molecule has 3 aromatic rings. The molecule has 272 valence electrons. The largest absolute Gasteiger partial charge is 0.507 e. The second-order valence-electron chi connectivity index (χ2n) is 12.0. The highest BCUT2D eigenvalue weighted by molar-refractivity contribution is 5.96. The van der Waals surface area contributed by atoms with Crippen molar-refractivity contribution in [3.05, 3.63) is 94.5 Å². The van der Waals surface area contributed by atoms with Gasteiger partial charge in [-0.25, -0.2) is 4.79 Å². The number of hydrogen-bond donors (Lipinski definition) is 8. The monoisotopic (exact) mass is 692 g/mol. The van der Waals surface area contributed by atoms with Crippen LogP contribution in [-0.4, -0.2) is 92.2 Å². The Morgan fingerprint density at radius 2 is 1.34 bits per heavy atom. The lowest BCUT2D eigenvalue weighted by atomic mass is 10.0. The van der Waals surface area contributed by atoms with Crippen molar-refractivity contribution in [1.29, 1.82) is 0 Å². The number of carboxylic acid groups (broad SMARTS) is 1. The number of hydrogen-bond acceptors (Lipinski definition) is 9. The van der Waals surface area contributed by atoms with E-state index in [-0.39, 0.29) is 23.8 Å². The van der Waals surface area contributed by atoms with Crippen LogP contribution in [0.25, 0.3) is 0 Å². The van der Waals surface area contributed by atoms with E-state index >= 15 is 0 Å². The minimum atomic E-state index is -1.55. The number of likely N-dealkylation sites (N-methyl/N-ethyl adjacent to an activating group) is 1. The number of aliphatic hydroxyl groups is 5. The Kier molecular flexibility index (Phi) is 18.8. The number of rotatable bonds is 17. The minimum absolute atomic E-state index is 0.0674. The summed E-state index contributed by atoms with van der Waals surface area (Å²) in [7, 11) is 1.57. The van der Waals surface area contributed by atoms with Gasteiger partial charge in [-0.2, -0.15) is 0 Å². The van der Waals surface area contributed by atoms with Crippen LogP contribution < -0.4 is 10.2 Å². The van der Waals surface area contributed by atoms with Crippen LogP contribution in [0.2, 0.25) is 0 Å². The molecule has 0 aliphatic rings. The van der Waals surface area contributed by atoms with Crippen LogP contribution in [0.3, 0.4) is 0 Å². The molecule has 50 heavy (non-hydrogen) atoms. The van der Waals surface area contributed by atoms with E-state index in [1.165, 1.54) is 30.5 Å². The first-order valence-corrected chi connectivity index (χ1v) is 17.0. The van der Waals surface area contributed by atoms with Crippen LogP contribution >= 0.6 is 0 Å². The van der Waals surface area contributed by atoms with Crippen molar-refractivity contribution in [2.75, 3.05) is 25.1 Å². The summed E-state index contributed by atoms with van der Waals surface area (Å²) in [4.78, 5) is 25.9. The minimum Gasteiger partial charge on any atom is -0.507 e. The first-order valence-electron chi connectivity index (χ1n) is 17.0. The van der Waals surface area contributed by atoms with Gasteiger partial charge in [0, 0.05) is 35.8 Å². The van der Waals surface area contributed by atoms with Crippen LogP contribution in [0.1, 0.15) is 85.0 Å². The molecule has 0 unspecified atom stereocenters. The maximum atomic E-state index is 13.1. The zero-order valence-electron chi connectivity index (χ0n) is 29.1. The summed E-state index contributed by atoms with van der Waals surface area (Å²) in [6, 6.07) is 20.4. The Bertz CT molecular complexity index is 1520. The predicted molar refractivity (Wildman–Crippen MR) is 193 cm³/mol. The molecule has 8 N–H and O–H groups in total. The van der Waals surface area contributed by atoms with Gasteiger partial charge >= 0.3 is 5.97 Å². The molecule has 0 bridgehead atoms. The van der Waals surface area contributed by atoms with E-state index in [4.69, 9.17) is 20.4 Å². The molecule has 0 radical (unpaired) electrons. The average Bonchev–Trinajstić information content (AvgIpc) is 3.12. The van der Waals surface area contributed by atoms with Gasteiger partial charge in [0.1, 0.15) is 29.6 Å². The number of carbonyl (C=O) groups excluding carboxylic acids is 1. The Balaban J connectivity index is 0.000000565. The van der Waals surface area contributed by atoms with E-state index in [1.54, 1.807) is 18.0 Å². The molecular formula is C39H52N2O9. The number of nitrogens with one attached hydrogen (secondary N) is 1. The number of carboxylic acids is 1. The second kappa shape index (κ2) is 22.4. The van der Waals surface area contributed by atoms with Gasteiger partial charge in [0.15, 0.2) is 0 Å². The maximum Gasteiger partial charge on any atom is 0.339 e. The Morgan fingerprint density at radius 3 is 1.84 bits per heavy atom. The van der Waals surface area contributed by atoms with Crippen molar-refractivity contribution in [1.82, 2.24) is 5.32 Å². The van der Waals surface area contributed by atoms with Crippen LogP contribution in [0.5, 0.6) is 5.75 Å². The van der Waals surface area contributed by atoms with Crippen LogP contribution in [0, 0.1) is 11.8 Å². The molecule has 11 heteroatoms. The summed E-state index contributed by atoms with van der Waals surface area (Å²) in [5.74, 6) is 4.76. The van der Waals surface area contributed by atoms with Gasteiger partial charge in [-0.05, 0) is 73.8 Å². The highest BCUT2D eigenvalue weighted by Gasteiger charge is 2.29. The fourth-order valence-electron chi connectivity index (χ4n) is 4.90. The number of aromatic hydroxyl groups is 1. The first kappa shape index (κ1) is 41.9. The summed E-state index contributed by atoms with van der Waals surface area (Å²) in [5.41, 5.74) is 4.37. The van der Waals surface area contributed by atoms with E-state index in [2.05, 4.69) is 55.3 Å².